The van der Waals surface area contributed by atoms with Crippen molar-refractivity contribution in [3.8, 4) is 0 Å². The summed E-state index contributed by atoms with van der Waals surface area (Å²) < 4.78 is 34.1. The summed E-state index contributed by atoms with van der Waals surface area (Å²) in [6.07, 6.45) is 3.56. The molecule has 0 fully saturated rings. The van der Waals surface area contributed by atoms with Crippen LogP contribution in [-0.4, -0.2) is 36.9 Å². The van der Waals surface area contributed by atoms with Crippen molar-refractivity contribution in [1.82, 2.24) is 9.29 Å². The van der Waals surface area contributed by atoms with Crippen molar-refractivity contribution in [2.45, 2.75) is 22.9 Å². The summed E-state index contributed by atoms with van der Waals surface area (Å²) in [5.41, 5.74) is 2.09. The van der Waals surface area contributed by atoms with Crippen LogP contribution >= 0.6 is 23.1 Å². The molecule has 0 saturated carbocycles. The number of fused-ring (bicyclic) bond motifs is 1. The number of para-hydroxylation sites is 1. The third-order valence-corrected chi connectivity index (χ3v) is 9.65. The van der Waals surface area contributed by atoms with E-state index in [1.165, 1.54) is 27.8 Å². The number of carbonyl (C=O) groups is 1. The van der Waals surface area contributed by atoms with Gasteiger partial charge in [0.25, 0.3) is 5.91 Å². The number of rotatable bonds is 9. The number of benzene rings is 3. The molecule has 2 heterocycles. The molecular weight excluding hydrogens is 539 g/mol. The second-order valence-electron chi connectivity index (χ2n) is 8.55. The molecule has 38 heavy (non-hydrogen) atoms. The van der Waals surface area contributed by atoms with Crippen LogP contribution in [0.15, 0.2) is 105 Å². The van der Waals surface area contributed by atoms with E-state index in [0.29, 0.717) is 16.5 Å². The first-order valence-electron chi connectivity index (χ1n) is 11.7. The Morgan fingerprint density at radius 3 is 2.39 bits per heavy atom. The highest BCUT2D eigenvalue weighted by Gasteiger charge is 2.25. The van der Waals surface area contributed by atoms with E-state index in [1.54, 1.807) is 54.2 Å². The van der Waals surface area contributed by atoms with E-state index in [0.717, 1.165) is 20.7 Å². The Morgan fingerprint density at radius 2 is 1.71 bits per heavy atom. The van der Waals surface area contributed by atoms with Gasteiger partial charge in [0, 0.05) is 24.1 Å². The Morgan fingerprint density at radius 1 is 0.947 bits per heavy atom. The average molecular weight is 564 g/mol. The predicted molar refractivity (Wildman–Crippen MR) is 152 cm³/mol. The Kier molecular flexibility index (Phi) is 7.66. The molecule has 0 aliphatic carbocycles. The maximum atomic E-state index is 13.7. The predicted octanol–water partition coefficient (Wildman–Crippen LogP) is 6.28. The summed E-state index contributed by atoms with van der Waals surface area (Å²) in [4.78, 5) is 21.2. The van der Waals surface area contributed by atoms with E-state index in [1.807, 2.05) is 54.8 Å². The SMILES string of the molecule is CSc1cccc2sc(N(Cc3ccco3)C(=O)c3ccc(S(=O)(=O)N(C)Cc4ccccc4)cc3)nc12. The van der Waals surface area contributed by atoms with Gasteiger partial charge in [-0.15, -0.1) is 11.8 Å². The van der Waals surface area contributed by atoms with Gasteiger partial charge in [0.1, 0.15) is 5.76 Å². The monoisotopic (exact) mass is 563 g/mol. The van der Waals surface area contributed by atoms with Crippen LogP contribution < -0.4 is 4.90 Å². The van der Waals surface area contributed by atoms with E-state index in [4.69, 9.17) is 9.40 Å². The fraction of sp³-hybridized carbons (Fsp3) is 0.143. The molecule has 0 spiro atoms. The summed E-state index contributed by atoms with van der Waals surface area (Å²) in [6, 6.07) is 25.0. The van der Waals surface area contributed by atoms with Crippen LogP contribution in [0.25, 0.3) is 10.2 Å². The lowest BCUT2D eigenvalue weighted by Crippen LogP contribution is -2.30. The zero-order valence-electron chi connectivity index (χ0n) is 20.8. The lowest BCUT2D eigenvalue weighted by Gasteiger charge is -2.20. The third kappa shape index (κ3) is 5.39. The zero-order valence-corrected chi connectivity index (χ0v) is 23.2. The topological polar surface area (TPSA) is 83.7 Å². The number of carbonyl (C=O) groups excluding carboxylic acids is 1. The first-order chi connectivity index (χ1) is 18.4. The quantitative estimate of drug-likeness (QED) is 0.196. The molecule has 1 amide bonds. The molecule has 3 aromatic carbocycles. The molecule has 5 rings (SSSR count). The zero-order chi connectivity index (χ0) is 26.7. The minimum Gasteiger partial charge on any atom is -0.467 e. The Bertz CT molecular complexity index is 1650. The van der Waals surface area contributed by atoms with Gasteiger partial charge in [-0.1, -0.05) is 47.7 Å². The van der Waals surface area contributed by atoms with Gasteiger partial charge in [-0.3, -0.25) is 9.69 Å². The van der Waals surface area contributed by atoms with Crippen LogP contribution in [0.2, 0.25) is 0 Å². The first kappa shape index (κ1) is 26.2. The number of hydrogen-bond donors (Lipinski definition) is 0. The number of aromatic nitrogens is 1. The second kappa shape index (κ2) is 11.1. The Hall–Kier alpha value is -3.44. The van der Waals surface area contributed by atoms with Gasteiger partial charge < -0.3 is 4.42 Å². The van der Waals surface area contributed by atoms with Crippen LogP contribution in [0, 0.1) is 0 Å². The van der Waals surface area contributed by atoms with Crippen LogP contribution in [-0.2, 0) is 23.1 Å². The van der Waals surface area contributed by atoms with Crippen LogP contribution in [0.4, 0.5) is 5.13 Å². The standard InChI is InChI=1S/C28H25N3O4S3/c1-30(18-20-8-4-3-5-9-20)38(33,34)23-15-13-21(14-16-23)27(32)31(19-22-10-7-17-35-22)28-29-26-24(36-2)11-6-12-25(26)37-28/h3-17H,18-19H2,1-2H3. The van der Waals surface area contributed by atoms with Crippen LogP contribution in [0.5, 0.6) is 0 Å². The fourth-order valence-electron chi connectivity index (χ4n) is 4.01. The summed E-state index contributed by atoms with van der Waals surface area (Å²) in [5, 5.41) is 0.544. The highest BCUT2D eigenvalue weighted by atomic mass is 32.2. The van der Waals surface area contributed by atoms with Crippen molar-refractivity contribution in [2.75, 3.05) is 18.2 Å². The number of furan rings is 1. The molecule has 0 N–H and O–H groups in total. The molecule has 0 aliphatic rings. The number of thiazole rings is 1. The number of nitrogens with zero attached hydrogens (tertiary/aromatic N) is 3. The fourth-order valence-corrected chi connectivity index (χ4v) is 6.78. The first-order valence-corrected chi connectivity index (χ1v) is 15.2. The van der Waals surface area contributed by atoms with Gasteiger partial charge in [0.2, 0.25) is 10.0 Å². The van der Waals surface area contributed by atoms with Gasteiger partial charge in [0.05, 0.1) is 27.9 Å². The molecule has 0 atom stereocenters. The molecule has 0 unspecified atom stereocenters. The molecule has 5 aromatic rings. The second-order valence-corrected chi connectivity index (χ2v) is 12.4. The van der Waals surface area contributed by atoms with E-state index < -0.39 is 10.0 Å². The highest BCUT2D eigenvalue weighted by Crippen LogP contribution is 2.35. The molecule has 7 nitrogen and oxygen atoms in total. The lowest BCUT2D eigenvalue weighted by atomic mass is 10.2. The minimum atomic E-state index is -3.74. The number of hydrogen-bond acceptors (Lipinski definition) is 7. The Balaban J connectivity index is 1.43. The average Bonchev–Trinajstić information content (AvgIpc) is 3.61. The van der Waals surface area contributed by atoms with Gasteiger partial charge in [-0.25, -0.2) is 13.4 Å². The molecule has 2 aromatic heterocycles. The molecule has 0 bridgehead atoms. The summed E-state index contributed by atoms with van der Waals surface area (Å²) in [5.74, 6) is 0.317. The highest BCUT2D eigenvalue weighted by molar-refractivity contribution is 7.98. The molecular formula is C28H25N3O4S3. The van der Waals surface area contributed by atoms with E-state index in [2.05, 4.69) is 0 Å². The van der Waals surface area contributed by atoms with Crippen molar-refractivity contribution in [3.63, 3.8) is 0 Å². The van der Waals surface area contributed by atoms with Crippen molar-refractivity contribution >= 4 is 54.4 Å². The summed E-state index contributed by atoms with van der Waals surface area (Å²) >= 11 is 3.03. The van der Waals surface area contributed by atoms with Gasteiger partial charge in [0.15, 0.2) is 5.13 Å². The number of thioether (sulfide) groups is 1. The molecule has 194 valence electrons. The number of anilines is 1. The van der Waals surface area contributed by atoms with Crippen LogP contribution in [0.1, 0.15) is 21.7 Å². The maximum Gasteiger partial charge on any atom is 0.260 e. The molecule has 0 radical (unpaired) electrons. The lowest BCUT2D eigenvalue weighted by molar-refractivity contribution is 0.0983. The van der Waals surface area contributed by atoms with Gasteiger partial charge in [-0.2, -0.15) is 4.31 Å². The third-order valence-electron chi connectivity index (χ3n) is 6.02. The van der Waals surface area contributed by atoms with E-state index in [-0.39, 0.29) is 23.9 Å². The van der Waals surface area contributed by atoms with Crippen molar-refractivity contribution < 1.29 is 17.6 Å². The van der Waals surface area contributed by atoms with E-state index in [9.17, 15) is 13.2 Å². The largest absolute Gasteiger partial charge is 0.467 e. The van der Waals surface area contributed by atoms with Crippen molar-refractivity contribution in [1.29, 1.82) is 0 Å². The van der Waals surface area contributed by atoms with Gasteiger partial charge >= 0.3 is 0 Å². The van der Waals surface area contributed by atoms with Crippen LogP contribution in [0.3, 0.4) is 0 Å². The Labute approximate surface area is 229 Å². The smallest absolute Gasteiger partial charge is 0.260 e. The van der Waals surface area contributed by atoms with E-state index >= 15 is 0 Å². The summed E-state index contributed by atoms with van der Waals surface area (Å²) in [7, 11) is -2.19. The normalized spacial score (nSPS) is 11.8. The van der Waals surface area contributed by atoms with Crippen molar-refractivity contribution in [2.24, 2.45) is 0 Å². The molecule has 10 heteroatoms. The minimum absolute atomic E-state index is 0.120. The van der Waals surface area contributed by atoms with Crippen molar-refractivity contribution in [3.05, 3.63) is 108 Å². The molecule has 0 aliphatic heterocycles. The number of sulfonamides is 1. The van der Waals surface area contributed by atoms with Gasteiger partial charge in [-0.05, 0) is 60.4 Å². The summed E-state index contributed by atoms with van der Waals surface area (Å²) in [6.45, 7) is 0.441. The number of amides is 1. The molecule has 0 saturated heterocycles. The maximum absolute atomic E-state index is 13.7.